The average Bonchev–Trinajstić information content (AvgIpc) is 2.29. The van der Waals surface area contributed by atoms with Gasteiger partial charge in [-0.05, 0) is 0 Å². The van der Waals surface area contributed by atoms with Crippen LogP contribution in [-0.2, 0) is 23.1 Å². The molecule has 2 heteroatoms. The fourth-order valence-electron chi connectivity index (χ4n) is 2.04. The molecule has 0 spiro atoms. The third-order valence-corrected chi connectivity index (χ3v) is 15.3. The minimum atomic E-state index is -0.904. The van der Waals surface area contributed by atoms with Crippen LogP contribution in [0.4, 0.5) is 0 Å². The summed E-state index contributed by atoms with van der Waals surface area (Å²) in [6.07, 6.45) is 0. The average molecular weight is 399 g/mol. The van der Waals surface area contributed by atoms with Crippen LogP contribution in [0.25, 0.3) is 11.1 Å². The number of hydrogen-bond donors (Lipinski definition) is 0. The molecule has 0 amide bonds. The second-order valence-corrected chi connectivity index (χ2v) is 14.7. The van der Waals surface area contributed by atoms with Crippen LogP contribution >= 0.6 is 8.24 Å². The first-order valence-corrected chi connectivity index (χ1v) is 15.6. The molecule has 0 radical (unpaired) electrons. The Kier molecular flexibility index (Phi) is 2.61. The predicted molar refractivity (Wildman–Crippen MR) is 62.1 cm³/mol. The predicted octanol–water partition coefficient (Wildman–Crippen LogP) is 3.39. The van der Waals surface area contributed by atoms with Gasteiger partial charge in [0.05, 0.1) is 0 Å². The van der Waals surface area contributed by atoms with Gasteiger partial charge in [-0.2, -0.15) is 0 Å². The summed E-state index contributed by atoms with van der Waals surface area (Å²) in [5, 5.41) is 0. The fourth-order valence-corrected chi connectivity index (χ4v) is 14.2. The number of hydrogen-bond acceptors (Lipinski definition) is 1. The monoisotopic (exact) mass is 400 g/mol. The summed E-state index contributed by atoms with van der Waals surface area (Å²) in [6, 6.07) is 15.8. The Hall–Kier alpha value is -0.275. The fraction of sp³-hybridized carbons (Fsp3) is 0.0769. The van der Waals surface area contributed by atoms with Crippen LogP contribution in [0.15, 0.2) is 47.4 Å². The van der Waals surface area contributed by atoms with E-state index in [9.17, 15) is 0 Å². The van der Waals surface area contributed by atoms with E-state index in [4.69, 9.17) is 0 Å². The van der Waals surface area contributed by atoms with Gasteiger partial charge in [0.1, 0.15) is 0 Å². The quantitative estimate of drug-likeness (QED) is 0.613. The van der Waals surface area contributed by atoms with Crippen molar-refractivity contribution in [2.24, 2.45) is 0 Å². The summed E-state index contributed by atoms with van der Waals surface area (Å²) in [7, 11) is 2.16. The zero-order chi connectivity index (χ0) is 10.3. The topological polar surface area (TPSA) is 0 Å². The van der Waals surface area contributed by atoms with Crippen molar-refractivity contribution in [1.82, 2.24) is 0 Å². The number of benzene rings is 2. The standard InChI is InChI=1S/C13H11S.Hg/c1-10-5-4-6-11(9-10)12-7-2-3-8-13(12)14;/h2-5,7-9,14H,1H3;/q;+1/p-1. The van der Waals surface area contributed by atoms with E-state index in [2.05, 4.69) is 57.6 Å². The first kappa shape index (κ1) is 9.92. The van der Waals surface area contributed by atoms with E-state index in [1.807, 2.05) is 0 Å². The Morgan fingerprint density at radius 3 is 2.80 bits per heavy atom. The molecule has 0 bridgehead atoms. The molecule has 1 heterocycles. The van der Waals surface area contributed by atoms with Crippen molar-refractivity contribution in [3.63, 3.8) is 0 Å². The Balaban J connectivity index is 2.28. The van der Waals surface area contributed by atoms with E-state index >= 15 is 0 Å². The van der Waals surface area contributed by atoms with Gasteiger partial charge in [0, 0.05) is 0 Å². The molecule has 0 saturated carbocycles. The molecule has 0 unspecified atom stereocenters. The Labute approximate surface area is 105 Å². The van der Waals surface area contributed by atoms with E-state index in [1.165, 1.54) is 21.6 Å². The van der Waals surface area contributed by atoms with Gasteiger partial charge >= 0.3 is 105 Å². The summed E-state index contributed by atoms with van der Waals surface area (Å²) in [5.74, 6) is 0. The summed E-state index contributed by atoms with van der Waals surface area (Å²) in [4.78, 5) is 1.51. The third kappa shape index (κ3) is 1.76. The molecule has 0 aliphatic carbocycles. The second-order valence-electron chi connectivity index (χ2n) is 3.95. The molecule has 0 aromatic heterocycles. The SMILES string of the molecule is Cc1cc[c]2c(c1)-c1ccccc1[S][Hg]2. The Bertz CT molecular complexity index is 520. The molecule has 0 saturated heterocycles. The van der Waals surface area contributed by atoms with E-state index in [1.54, 1.807) is 3.07 Å². The molecule has 0 atom stereocenters. The Morgan fingerprint density at radius 1 is 1.00 bits per heavy atom. The van der Waals surface area contributed by atoms with Gasteiger partial charge in [0.15, 0.2) is 0 Å². The Morgan fingerprint density at radius 2 is 1.87 bits per heavy atom. The molecule has 0 fully saturated rings. The minimum absolute atomic E-state index is 0.904. The zero-order valence-electron chi connectivity index (χ0n) is 8.66. The molecule has 3 rings (SSSR count). The van der Waals surface area contributed by atoms with Crippen molar-refractivity contribution < 1.29 is 23.1 Å². The van der Waals surface area contributed by atoms with Gasteiger partial charge in [-0.1, -0.05) is 0 Å². The maximum absolute atomic E-state index is 2.36. The summed E-state index contributed by atoms with van der Waals surface area (Å²) in [6.45, 7) is 2.18. The van der Waals surface area contributed by atoms with Crippen LogP contribution in [0, 0.1) is 6.92 Å². The van der Waals surface area contributed by atoms with Gasteiger partial charge in [0.25, 0.3) is 0 Å². The van der Waals surface area contributed by atoms with E-state index in [0.29, 0.717) is 0 Å². The normalized spacial score (nSPS) is 12.1. The third-order valence-electron chi connectivity index (χ3n) is 2.83. The second kappa shape index (κ2) is 3.95. The van der Waals surface area contributed by atoms with Crippen LogP contribution in [0.2, 0.25) is 0 Å². The number of aryl methyl sites for hydroxylation is 1. The zero-order valence-corrected chi connectivity index (χ0v) is 15.0. The van der Waals surface area contributed by atoms with Crippen LogP contribution in [-0.4, -0.2) is 0 Å². The molecule has 0 N–H and O–H groups in total. The number of rotatable bonds is 0. The molecule has 2 aromatic rings. The van der Waals surface area contributed by atoms with Crippen LogP contribution in [0.5, 0.6) is 0 Å². The van der Waals surface area contributed by atoms with Gasteiger partial charge in [-0.3, -0.25) is 0 Å². The summed E-state index contributed by atoms with van der Waals surface area (Å²) >= 11 is -0.904. The molecule has 15 heavy (non-hydrogen) atoms. The van der Waals surface area contributed by atoms with E-state index < -0.39 is 23.1 Å². The first-order chi connectivity index (χ1) is 7.34. The van der Waals surface area contributed by atoms with E-state index in [-0.39, 0.29) is 0 Å². The van der Waals surface area contributed by atoms with E-state index in [0.717, 1.165) is 0 Å². The van der Waals surface area contributed by atoms with Crippen molar-refractivity contribution >= 4 is 11.3 Å². The van der Waals surface area contributed by atoms with Gasteiger partial charge in [0.2, 0.25) is 0 Å². The van der Waals surface area contributed by atoms with Gasteiger partial charge in [-0.25, -0.2) is 0 Å². The molecule has 1 aliphatic heterocycles. The van der Waals surface area contributed by atoms with Crippen LogP contribution in [0.1, 0.15) is 5.56 Å². The van der Waals surface area contributed by atoms with Crippen LogP contribution < -0.4 is 3.07 Å². The summed E-state index contributed by atoms with van der Waals surface area (Å²) < 4.78 is 1.68. The maximum atomic E-state index is 2.36. The molecule has 2 aromatic carbocycles. The van der Waals surface area contributed by atoms with Crippen molar-refractivity contribution in [2.75, 3.05) is 0 Å². The molecular weight excluding hydrogens is 389 g/mol. The molecule has 1 aliphatic rings. The molecule has 0 nitrogen and oxygen atoms in total. The van der Waals surface area contributed by atoms with Gasteiger partial charge < -0.3 is 0 Å². The molecular formula is C13H10HgS. The van der Waals surface area contributed by atoms with Crippen molar-refractivity contribution in [3.8, 4) is 11.1 Å². The number of fused-ring (bicyclic) bond motifs is 3. The van der Waals surface area contributed by atoms with Gasteiger partial charge in [-0.15, -0.1) is 0 Å². The van der Waals surface area contributed by atoms with Crippen LogP contribution in [0.3, 0.4) is 0 Å². The molecule has 70 valence electrons. The van der Waals surface area contributed by atoms with Crippen molar-refractivity contribution in [1.29, 1.82) is 0 Å². The van der Waals surface area contributed by atoms with Crippen molar-refractivity contribution in [3.05, 3.63) is 48.0 Å². The van der Waals surface area contributed by atoms with Crippen molar-refractivity contribution in [2.45, 2.75) is 11.8 Å². The first-order valence-electron chi connectivity index (χ1n) is 5.16. The summed E-state index contributed by atoms with van der Waals surface area (Å²) in [5.41, 5.74) is 4.35.